The van der Waals surface area contributed by atoms with Crippen molar-refractivity contribution in [1.29, 1.82) is 0 Å². The van der Waals surface area contributed by atoms with E-state index in [9.17, 15) is 9.50 Å². The van der Waals surface area contributed by atoms with Crippen LogP contribution < -0.4 is 10.1 Å². The molecule has 1 atom stereocenters. The molecule has 1 unspecified atom stereocenters. The van der Waals surface area contributed by atoms with Gasteiger partial charge in [0, 0.05) is 11.9 Å². The topological polar surface area (TPSA) is 54.6 Å². The highest BCUT2D eigenvalue weighted by atomic mass is 19.1. The highest BCUT2D eigenvalue weighted by Crippen LogP contribution is 2.32. The van der Waals surface area contributed by atoms with Crippen molar-refractivity contribution in [3.8, 4) is 5.75 Å². The van der Waals surface area contributed by atoms with Crippen molar-refractivity contribution < 1.29 is 18.7 Å². The van der Waals surface area contributed by atoms with Crippen LogP contribution in [0.1, 0.15) is 50.8 Å². The zero-order valence-electron chi connectivity index (χ0n) is 14.2. The molecule has 1 aliphatic carbocycles. The first-order valence-electron chi connectivity index (χ1n) is 8.78. The third-order valence-corrected chi connectivity index (χ3v) is 4.81. The van der Waals surface area contributed by atoms with Gasteiger partial charge in [0.15, 0.2) is 11.3 Å². The van der Waals surface area contributed by atoms with Gasteiger partial charge in [-0.15, -0.1) is 0 Å². The number of alkyl halides is 1. The van der Waals surface area contributed by atoms with Gasteiger partial charge in [-0.3, -0.25) is 0 Å². The Morgan fingerprint density at radius 1 is 1.33 bits per heavy atom. The minimum atomic E-state index is -0.603. The quantitative estimate of drug-likeness (QED) is 0.799. The molecule has 2 N–H and O–H groups in total. The molecule has 24 heavy (non-hydrogen) atoms. The average Bonchev–Trinajstić information content (AvgIpc) is 3.03. The Hall–Kier alpha value is -1.59. The van der Waals surface area contributed by atoms with E-state index in [1.165, 1.54) is 6.42 Å². The summed E-state index contributed by atoms with van der Waals surface area (Å²) in [7, 11) is 0. The molecule has 3 rings (SSSR count). The summed E-state index contributed by atoms with van der Waals surface area (Å²) in [6.07, 6.45) is 5.10. The fraction of sp³-hybridized carbons (Fsp3) is 0.579. The molecule has 1 fully saturated rings. The first-order chi connectivity index (χ1) is 11.6. The number of halogens is 1. The van der Waals surface area contributed by atoms with Crippen LogP contribution in [0.5, 0.6) is 5.75 Å². The molecule has 1 aromatic heterocycles. The summed E-state index contributed by atoms with van der Waals surface area (Å²) in [4.78, 5) is 0. The fourth-order valence-corrected chi connectivity index (χ4v) is 3.36. The van der Waals surface area contributed by atoms with Gasteiger partial charge in [-0.2, -0.15) is 0 Å². The highest BCUT2D eigenvalue weighted by molar-refractivity contribution is 5.83. The second-order valence-corrected chi connectivity index (χ2v) is 6.75. The zero-order valence-corrected chi connectivity index (χ0v) is 14.2. The van der Waals surface area contributed by atoms with Crippen LogP contribution in [0.3, 0.4) is 0 Å². The predicted molar refractivity (Wildman–Crippen MR) is 92.1 cm³/mol. The smallest absolute Gasteiger partial charge is 0.176 e. The molecular formula is C19H26FNO3. The van der Waals surface area contributed by atoms with Gasteiger partial charge in [0.1, 0.15) is 19.0 Å². The number of para-hydroxylation sites is 1. The first kappa shape index (κ1) is 17.2. The number of benzene rings is 1. The van der Waals surface area contributed by atoms with Crippen molar-refractivity contribution in [2.75, 3.05) is 19.8 Å². The van der Waals surface area contributed by atoms with E-state index in [1.54, 1.807) is 6.07 Å². The summed E-state index contributed by atoms with van der Waals surface area (Å²) < 4.78 is 23.7. The largest absolute Gasteiger partial charge is 0.487 e. The number of rotatable bonds is 7. The molecular weight excluding hydrogens is 309 g/mol. The molecule has 1 saturated carbocycles. The van der Waals surface area contributed by atoms with Crippen LogP contribution in [0, 0.1) is 0 Å². The number of nitrogens with one attached hydrogen (secondary N) is 1. The van der Waals surface area contributed by atoms with Gasteiger partial charge in [0.05, 0.1) is 11.6 Å². The van der Waals surface area contributed by atoms with Crippen LogP contribution in [0.4, 0.5) is 4.39 Å². The van der Waals surface area contributed by atoms with Crippen molar-refractivity contribution in [2.45, 2.75) is 50.7 Å². The van der Waals surface area contributed by atoms with Gasteiger partial charge in [-0.1, -0.05) is 31.4 Å². The lowest BCUT2D eigenvalue weighted by Crippen LogP contribution is -2.42. The molecule has 0 aliphatic heterocycles. The minimum absolute atomic E-state index is 0.0163. The molecule has 4 nitrogen and oxygen atoms in total. The third-order valence-electron chi connectivity index (χ3n) is 4.81. The molecule has 0 spiro atoms. The molecule has 0 saturated heterocycles. The number of ether oxygens (including phenoxy) is 1. The van der Waals surface area contributed by atoms with Gasteiger partial charge in [-0.25, -0.2) is 4.39 Å². The van der Waals surface area contributed by atoms with Crippen molar-refractivity contribution in [2.24, 2.45) is 0 Å². The van der Waals surface area contributed by atoms with Crippen molar-refractivity contribution in [3.63, 3.8) is 0 Å². The Morgan fingerprint density at radius 3 is 2.88 bits per heavy atom. The summed E-state index contributed by atoms with van der Waals surface area (Å²) in [5.74, 6) is 1.36. The van der Waals surface area contributed by atoms with Gasteiger partial charge < -0.3 is 19.6 Å². The average molecular weight is 335 g/mol. The molecule has 1 aliphatic rings. The van der Waals surface area contributed by atoms with Crippen LogP contribution in [-0.2, 0) is 0 Å². The predicted octanol–water partition coefficient (Wildman–Crippen LogP) is 4.13. The van der Waals surface area contributed by atoms with Crippen molar-refractivity contribution >= 4 is 11.0 Å². The maximum absolute atomic E-state index is 12.3. The lowest BCUT2D eigenvalue weighted by atomic mass is 9.85. The Morgan fingerprint density at radius 2 is 2.12 bits per heavy atom. The van der Waals surface area contributed by atoms with Crippen LogP contribution in [0.2, 0.25) is 0 Å². The van der Waals surface area contributed by atoms with E-state index < -0.39 is 12.3 Å². The Balaban J connectivity index is 1.69. The van der Waals surface area contributed by atoms with Crippen molar-refractivity contribution in [3.05, 3.63) is 30.0 Å². The standard InChI is InChI=1S/C19H26FNO3/c1-14(21-13-19(22)8-3-2-4-9-19)17-12-15-6-5-7-16(18(15)24-17)23-11-10-20/h5-7,12,14,21-22H,2-4,8-11,13H2,1H3. The Kier molecular flexibility index (Phi) is 5.41. The molecule has 132 valence electrons. The number of hydrogen-bond acceptors (Lipinski definition) is 4. The summed E-state index contributed by atoms with van der Waals surface area (Å²) in [6.45, 7) is 2.08. The number of fused-ring (bicyclic) bond motifs is 1. The summed E-state index contributed by atoms with van der Waals surface area (Å²) >= 11 is 0. The van der Waals surface area contributed by atoms with Gasteiger partial charge in [0.25, 0.3) is 0 Å². The number of aliphatic hydroxyl groups is 1. The van der Waals surface area contributed by atoms with Crippen LogP contribution in [0.25, 0.3) is 11.0 Å². The summed E-state index contributed by atoms with van der Waals surface area (Å²) in [5, 5.41) is 14.9. The van der Waals surface area contributed by atoms with Gasteiger partial charge in [-0.05, 0) is 31.9 Å². The monoisotopic (exact) mass is 335 g/mol. The second kappa shape index (κ2) is 7.53. The number of hydrogen-bond donors (Lipinski definition) is 2. The fourth-order valence-electron chi connectivity index (χ4n) is 3.36. The lowest BCUT2D eigenvalue weighted by molar-refractivity contribution is 0.00258. The maximum atomic E-state index is 12.3. The van der Waals surface area contributed by atoms with Crippen LogP contribution in [-0.4, -0.2) is 30.5 Å². The van der Waals surface area contributed by atoms with E-state index >= 15 is 0 Å². The van der Waals surface area contributed by atoms with E-state index in [2.05, 4.69) is 5.32 Å². The molecule has 0 amide bonds. The van der Waals surface area contributed by atoms with Gasteiger partial charge >= 0.3 is 0 Å². The van der Waals surface area contributed by atoms with E-state index in [0.717, 1.165) is 36.8 Å². The molecule has 0 bridgehead atoms. The molecule has 2 aromatic rings. The molecule has 0 radical (unpaired) electrons. The van der Waals surface area contributed by atoms with E-state index in [0.29, 0.717) is 17.9 Å². The van der Waals surface area contributed by atoms with E-state index in [4.69, 9.17) is 9.15 Å². The molecule has 5 heteroatoms. The molecule has 1 heterocycles. The minimum Gasteiger partial charge on any atom is -0.487 e. The highest BCUT2D eigenvalue weighted by Gasteiger charge is 2.29. The van der Waals surface area contributed by atoms with Crippen LogP contribution in [0.15, 0.2) is 28.7 Å². The summed E-state index contributed by atoms with van der Waals surface area (Å²) in [5.41, 5.74) is 0.0412. The maximum Gasteiger partial charge on any atom is 0.176 e. The zero-order chi connectivity index (χ0) is 17.0. The van der Waals surface area contributed by atoms with Gasteiger partial charge in [0.2, 0.25) is 0 Å². The van der Waals surface area contributed by atoms with Crippen LogP contribution >= 0.6 is 0 Å². The normalized spacial score (nSPS) is 18.6. The Labute approximate surface area is 142 Å². The first-order valence-corrected chi connectivity index (χ1v) is 8.78. The van der Waals surface area contributed by atoms with Crippen molar-refractivity contribution in [1.82, 2.24) is 5.32 Å². The lowest BCUT2D eigenvalue weighted by Gasteiger charge is -2.33. The summed E-state index contributed by atoms with van der Waals surface area (Å²) in [6, 6.07) is 7.57. The second-order valence-electron chi connectivity index (χ2n) is 6.75. The Bertz CT molecular complexity index is 664. The number of furan rings is 1. The van der Waals surface area contributed by atoms with E-state index in [-0.39, 0.29) is 12.6 Å². The third kappa shape index (κ3) is 3.90. The molecule has 1 aromatic carbocycles. The van der Waals surface area contributed by atoms with E-state index in [1.807, 2.05) is 25.1 Å². The SMILES string of the molecule is CC(NCC1(O)CCCCC1)c1cc2cccc(OCCF)c2o1.